The van der Waals surface area contributed by atoms with Crippen LogP contribution in [-0.4, -0.2) is 12.4 Å². The smallest absolute Gasteiger partial charge is 0.387 e. The Morgan fingerprint density at radius 1 is 1.22 bits per heavy atom. The minimum Gasteiger partial charge on any atom is -0.446 e. The molecule has 0 atom stereocenters. The second-order valence-electron chi connectivity index (χ2n) is 3.31. The maximum absolute atomic E-state index is 12.2. The highest BCUT2D eigenvalue weighted by molar-refractivity contribution is 9.10. The van der Waals surface area contributed by atoms with E-state index in [9.17, 15) is 13.6 Å². The van der Waals surface area contributed by atoms with E-state index in [0.717, 1.165) is 0 Å². The van der Waals surface area contributed by atoms with Crippen LogP contribution < -0.4 is 4.74 Å². The highest BCUT2D eigenvalue weighted by atomic mass is 79.9. The van der Waals surface area contributed by atoms with Gasteiger partial charge in [-0.2, -0.15) is 8.78 Å². The van der Waals surface area contributed by atoms with E-state index in [1.54, 1.807) is 12.1 Å². The second-order valence-corrected chi connectivity index (χ2v) is 4.09. The molecule has 0 amide bonds. The third-order valence-electron chi connectivity index (χ3n) is 2.14. The first-order chi connectivity index (χ1) is 8.58. The number of hydrogen-bond donors (Lipinski definition) is 0. The van der Waals surface area contributed by atoms with Gasteiger partial charge in [0.1, 0.15) is 5.75 Å². The first kappa shape index (κ1) is 12.8. The molecule has 0 aliphatic carbocycles. The van der Waals surface area contributed by atoms with Crippen LogP contribution in [0.2, 0.25) is 0 Å². The lowest BCUT2D eigenvalue weighted by Gasteiger charge is -2.08. The zero-order valence-corrected chi connectivity index (χ0v) is 10.5. The Hall–Kier alpha value is -1.69. The highest BCUT2D eigenvalue weighted by Gasteiger charge is 2.19. The fourth-order valence-corrected chi connectivity index (χ4v) is 1.73. The zero-order valence-electron chi connectivity index (χ0n) is 8.90. The quantitative estimate of drug-likeness (QED) is 0.804. The largest absolute Gasteiger partial charge is 0.446 e. The maximum atomic E-state index is 12.2. The lowest BCUT2D eigenvalue weighted by molar-refractivity contribution is -0.0501. The van der Waals surface area contributed by atoms with Gasteiger partial charge in [0.15, 0.2) is 10.4 Å². The van der Waals surface area contributed by atoms with Crippen molar-refractivity contribution in [2.24, 2.45) is 0 Å². The molecular formula is C12H7BrF2O3. The van der Waals surface area contributed by atoms with Gasteiger partial charge in [0, 0.05) is 0 Å². The van der Waals surface area contributed by atoms with E-state index in [2.05, 4.69) is 20.7 Å². The maximum Gasteiger partial charge on any atom is 0.387 e. The van der Waals surface area contributed by atoms with E-state index in [4.69, 9.17) is 4.42 Å². The molecule has 0 N–H and O–H groups in total. The average molecular weight is 317 g/mol. The molecule has 0 aliphatic rings. The minimum absolute atomic E-state index is 0.0275. The van der Waals surface area contributed by atoms with Crippen molar-refractivity contribution in [3.63, 3.8) is 0 Å². The molecule has 1 aromatic carbocycles. The van der Waals surface area contributed by atoms with Crippen LogP contribution in [0.1, 0.15) is 16.1 Å². The lowest BCUT2D eigenvalue weighted by Crippen LogP contribution is -2.08. The molecule has 3 nitrogen and oxygen atoms in total. The number of ether oxygens (including phenoxy) is 1. The minimum atomic E-state index is -2.98. The van der Waals surface area contributed by atoms with E-state index in [1.165, 1.54) is 24.3 Å². The first-order valence-electron chi connectivity index (χ1n) is 4.92. The topological polar surface area (TPSA) is 39.4 Å². The molecule has 18 heavy (non-hydrogen) atoms. The number of benzene rings is 1. The van der Waals surface area contributed by atoms with Crippen molar-refractivity contribution in [1.82, 2.24) is 0 Å². The Balaban J connectivity index is 2.35. The molecule has 2 aromatic rings. The van der Waals surface area contributed by atoms with E-state index in [-0.39, 0.29) is 17.1 Å². The number of hydrogen-bond acceptors (Lipinski definition) is 3. The van der Waals surface area contributed by atoms with Crippen LogP contribution in [0.15, 0.2) is 45.5 Å². The number of furan rings is 1. The fraction of sp³-hybridized carbons (Fsp3) is 0.0833. The predicted octanol–water partition coefficient (Wildman–Crippen LogP) is 3.87. The number of ketones is 1. The number of carbonyl (C=O) groups excluding carboxylic acids is 1. The summed E-state index contributed by atoms with van der Waals surface area (Å²) in [4.78, 5) is 12.0. The van der Waals surface area contributed by atoms with Gasteiger partial charge in [0.25, 0.3) is 0 Å². The summed E-state index contributed by atoms with van der Waals surface area (Å²) in [6.07, 6.45) is 0. The zero-order chi connectivity index (χ0) is 13.1. The molecule has 0 fully saturated rings. The first-order valence-corrected chi connectivity index (χ1v) is 5.71. The summed E-state index contributed by atoms with van der Waals surface area (Å²) in [5.41, 5.74) is 0.0275. The summed E-state index contributed by atoms with van der Waals surface area (Å²) in [6, 6.07) is 8.76. The molecule has 0 aliphatic heterocycles. The van der Waals surface area contributed by atoms with Gasteiger partial charge >= 0.3 is 6.61 Å². The summed E-state index contributed by atoms with van der Waals surface area (Å²) >= 11 is 3.06. The van der Waals surface area contributed by atoms with Gasteiger partial charge in [-0.3, -0.25) is 4.79 Å². The monoisotopic (exact) mass is 316 g/mol. The van der Waals surface area contributed by atoms with Crippen LogP contribution in [0.4, 0.5) is 8.78 Å². The van der Waals surface area contributed by atoms with Gasteiger partial charge in [-0.1, -0.05) is 12.1 Å². The van der Waals surface area contributed by atoms with Crippen molar-refractivity contribution >= 4 is 21.7 Å². The Kier molecular flexibility index (Phi) is 3.76. The number of carbonyl (C=O) groups is 1. The molecule has 0 bridgehead atoms. The number of halogens is 3. The van der Waals surface area contributed by atoms with Gasteiger partial charge < -0.3 is 9.15 Å². The van der Waals surface area contributed by atoms with Crippen LogP contribution in [0.25, 0.3) is 0 Å². The molecule has 94 valence electrons. The van der Waals surface area contributed by atoms with Gasteiger partial charge in [0.05, 0.1) is 5.56 Å². The summed E-state index contributed by atoms with van der Waals surface area (Å²) in [5.74, 6) is -0.644. The molecule has 0 radical (unpaired) electrons. The van der Waals surface area contributed by atoms with Crippen molar-refractivity contribution in [2.75, 3.05) is 0 Å². The lowest BCUT2D eigenvalue weighted by atomic mass is 10.1. The van der Waals surface area contributed by atoms with Crippen molar-refractivity contribution in [1.29, 1.82) is 0 Å². The van der Waals surface area contributed by atoms with Crippen LogP contribution in [0, 0.1) is 0 Å². The molecule has 0 saturated heterocycles. The van der Waals surface area contributed by atoms with Crippen molar-refractivity contribution in [3.05, 3.63) is 52.4 Å². The molecule has 0 spiro atoms. The fourth-order valence-electron chi connectivity index (χ4n) is 1.42. The Labute approximate surface area is 109 Å². The van der Waals surface area contributed by atoms with Crippen LogP contribution in [0.5, 0.6) is 5.75 Å². The molecule has 6 heteroatoms. The third-order valence-corrected chi connectivity index (χ3v) is 2.57. The Bertz CT molecular complexity index is 566. The average Bonchev–Trinajstić information content (AvgIpc) is 2.75. The summed E-state index contributed by atoms with van der Waals surface area (Å²) < 4.78 is 34.2. The van der Waals surface area contributed by atoms with Crippen molar-refractivity contribution < 1.29 is 22.7 Å². The molecule has 0 unspecified atom stereocenters. The summed E-state index contributed by atoms with van der Waals surface area (Å²) in [6.45, 7) is -2.98. The van der Waals surface area contributed by atoms with Gasteiger partial charge in [-0.25, -0.2) is 0 Å². The normalized spacial score (nSPS) is 10.7. The molecule has 2 rings (SSSR count). The Morgan fingerprint density at radius 3 is 2.56 bits per heavy atom. The van der Waals surface area contributed by atoms with E-state index < -0.39 is 12.4 Å². The van der Waals surface area contributed by atoms with E-state index >= 15 is 0 Å². The van der Waals surface area contributed by atoms with E-state index in [0.29, 0.717) is 4.67 Å². The van der Waals surface area contributed by atoms with Crippen LogP contribution in [-0.2, 0) is 0 Å². The van der Waals surface area contributed by atoms with E-state index in [1.807, 2.05) is 0 Å². The highest BCUT2D eigenvalue weighted by Crippen LogP contribution is 2.25. The molecule has 1 heterocycles. The molecular weight excluding hydrogens is 310 g/mol. The van der Waals surface area contributed by atoms with Gasteiger partial charge in [-0.15, -0.1) is 0 Å². The SMILES string of the molecule is O=C(c1ccc(Br)o1)c1ccccc1OC(F)F. The van der Waals surface area contributed by atoms with Crippen molar-refractivity contribution in [2.45, 2.75) is 6.61 Å². The second kappa shape index (κ2) is 5.30. The molecule has 1 aromatic heterocycles. The third kappa shape index (κ3) is 2.76. The summed E-state index contributed by atoms with van der Waals surface area (Å²) in [7, 11) is 0. The molecule has 0 saturated carbocycles. The van der Waals surface area contributed by atoms with Crippen LogP contribution >= 0.6 is 15.9 Å². The standard InChI is InChI=1S/C12H7BrF2O3/c13-10-6-5-9(17-10)11(16)7-3-1-2-4-8(7)18-12(14)15/h1-6,12H. The van der Waals surface area contributed by atoms with Gasteiger partial charge in [-0.05, 0) is 40.2 Å². The van der Waals surface area contributed by atoms with Crippen molar-refractivity contribution in [3.8, 4) is 5.75 Å². The van der Waals surface area contributed by atoms with Crippen LogP contribution in [0.3, 0.4) is 0 Å². The van der Waals surface area contributed by atoms with Gasteiger partial charge in [0.2, 0.25) is 5.78 Å². The number of rotatable bonds is 4. The Morgan fingerprint density at radius 2 is 1.94 bits per heavy atom. The number of para-hydroxylation sites is 1. The predicted molar refractivity (Wildman–Crippen MR) is 62.9 cm³/mol. The number of alkyl halides is 2. The summed E-state index contributed by atoms with van der Waals surface area (Å²) in [5, 5.41) is 0.